The van der Waals surface area contributed by atoms with Gasteiger partial charge in [-0.05, 0) is 42.5 Å². The summed E-state index contributed by atoms with van der Waals surface area (Å²) in [6.07, 6.45) is 3.73. The van der Waals surface area contributed by atoms with Crippen molar-refractivity contribution in [3.8, 4) is 0 Å². The number of carbonyl (C=O) groups excluding carboxylic acids is 2. The van der Waals surface area contributed by atoms with Crippen LogP contribution in [0.3, 0.4) is 0 Å². The molecule has 4 aromatic rings. The summed E-state index contributed by atoms with van der Waals surface area (Å²) in [6, 6.07) is 20.2. The number of benzene rings is 2. The van der Waals surface area contributed by atoms with E-state index in [4.69, 9.17) is 0 Å². The predicted octanol–water partition coefficient (Wildman–Crippen LogP) is 3.39. The Balaban J connectivity index is 1.33. The summed E-state index contributed by atoms with van der Waals surface area (Å²) in [6.45, 7) is 0.867. The third-order valence-electron chi connectivity index (χ3n) is 4.67. The molecule has 2 N–H and O–H groups in total. The summed E-state index contributed by atoms with van der Waals surface area (Å²) in [5.41, 5.74) is 3.74. The summed E-state index contributed by atoms with van der Waals surface area (Å²) in [4.78, 5) is 33.3. The number of amides is 2. The molecule has 2 aromatic carbocycles. The average molecular weight is 399 g/mol. The number of hydrogen-bond acceptors (Lipinski definition) is 4. The van der Waals surface area contributed by atoms with E-state index in [0.29, 0.717) is 30.8 Å². The van der Waals surface area contributed by atoms with Gasteiger partial charge in [-0.2, -0.15) is 0 Å². The molecule has 2 heterocycles. The van der Waals surface area contributed by atoms with Gasteiger partial charge in [0.1, 0.15) is 0 Å². The van der Waals surface area contributed by atoms with E-state index in [2.05, 4.69) is 20.6 Å². The topological polar surface area (TPSA) is 88.9 Å². The van der Waals surface area contributed by atoms with Crippen molar-refractivity contribution < 1.29 is 9.59 Å². The summed E-state index contributed by atoms with van der Waals surface area (Å²) >= 11 is 0. The zero-order valence-corrected chi connectivity index (χ0v) is 16.3. The minimum atomic E-state index is -0.221. The molecule has 4 rings (SSSR count). The van der Waals surface area contributed by atoms with Gasteiger partial charge in [0.25, 0.3) is 5.91 Å². The summed E-state index contributed by atoms with van der Waals surface area (Å²) in [5.74, 6) is -0.347. The van der Waals surface area contributed by atoms with Crippen molar-refractivity contribution in [2.45, 2.75) is 19.5 Å². The van der Waals surface area contributed by atoms with Crippen LogP contribution in [0.5, 0.6) is 0 Å². The molecule has 0 aliphatic carbocycles. The minimum absolute atomic E-state index is 0.126. The highest BCUT2D eigenvalue weighted by Gasteiger charge is 2.09. The second-order valence-electron chi connectivity index (χ2n) is 6.81. The van der Waals surface area contributed by atoms with E-state index in [1.165, 1.54) is 0 Å². The van der Waals surface area contributed by atoms with Crippen molar-refractivity contribution in [2.75, 3.05) is 5.32 Å². The Bertz CT molecular complexity index is 1170. The third-order valence-corrected chi connectivity index (χ3v) is 4.67. The van der Waals surface area contributed by atoms with Gasteiger partial charge in [0.05, 0.1) is 29.6 Å². The van der Waals surface area contributed by atoms with Crippen molar-refractivity contribution in [3.05, 3.63) is 90.5 Å². The van der Waals surface area contributed by atoms with Gasteiger partial charge in [-0.15, -0.1) is 0 Å². The maximum atomic E-state index is 12.4. The van der Waals surface area contributed by atoms with Crippen LogP contribution in [0, 0.1) is 0 Å². The van der Waals surface area contributed by atoms with Crippen molar-refractivity contribution in [3.63, 3.8) is 0 Å². The molecule has 7 nitrogen and oxygen atoms in total. The molecule has 7 heteroatoms. The maximum Gasteiger partial charge on any atom is 0.251 e. The maximum absolute atomic E-state index is 12.4. The fourth-order valence-corrected chi connectivity index (χ4v) is 3.15. The molecule has 0 saturated carbocycles. The highest BCUT2D eigenvalue weighted by molar-refractivity contribution is 5.97. The van der Waals surface area contributed by atoms with Gasteiger partial charge in [-0.3, -0.25) is 14.6 Å². The molecule has 2 aromatic heterocycles. The predicted molar refractivity (Wildman–Crippen MR) is 115 cm³/mol. The van der Waals surface area contributed by atoms with Crippen LogP contribution in [0.2, 0.25) is 0 Å². The molecule has 0 spiro atoms. The first kappa shape index (κ1) is 19.3. The first-order valence-corrected chi connectivity index (χ1v) is 9.67. The van der Waals surface area contributed by atoms with Gasteiger partial charge in [0.15, 0.2) is 0 Å². The second kappa shape index (κ2) is 9.00. The number of nitrogens with one attached hydrogen (secondary N) is 2. The van der Waals surface area contributed by atoms with E-state index >= 15 is 0 Å². The number of nitrogens with zero attached hydrogens (tertiary/aromatic N) is 3. The quantitative estimate of drug-likeness (QED) is 0.499. The summed E-state index contributed by atoms with van der Waals surface area (Å²) in [7, 11) is 0. The monoisotopic (exact) mass is 399 g/mol. The number of pyridine rings is 1. The fourth-order valence-electron chi connectivity index (χ4n) is 3.15. The van der Waals surface area contributed by atoms with E-state index < -0.39 is 0 Å². The largest absolute Gasteiger partial charge is 0.346 e. The molecule has 0 unspecified atom stereocenters. The normalized spacial score (nSPS) is 10.7. The lowest BCUT2D eigenvalue weighted by Gasteiger charge is -2.09. The molecule has 0 atom stereocenters. The molecular formula is C23H21N5O2. The van der Waals surface area contributed by atoms with Crippen LogP contribution in [0.1, 0.15) is 22.5 Å². The Labute approximate surface area is 173 Å². The molecule has 150 valence electrons. The van der Waals surface area contributed by atoms with Crippen molar-refractivity contribution in [1.82, 2.24) is 19.9 Å². The highest BCUT2D eigenvalue weighted by atomic mass is 16.2. The van der Waals surface area contributed by atoms with Crippen LogP contribution in [-0.2, 0) is 17.9 Å². The summed E-state index contributed by atoms with van der Waals surface area (Å²) < 4.78 is 1.95. The molecule has 0 saturated heterocycles. The van der Waals surface area contributed by atoms with Crippen LogP contribution in [0.15, 0.2) is 79.3 Å². The smallest absolute Gasteiger partial charge is 0.251 e. The first-order valence-electron chi connectivity index (χ1n) is 9.67. The summed E-state index contributed by atoms with van der Waals surface area (Å²) in [5, 5.41) is 5.69. The lowest BCUT2D eigenvalue weighted by atomic mass is 10.2. The molecule has 0 bridgehead atoms. The van der Waals surface area contributed by atoms with Gasteiger partial charge < -0.3 is 15.2 Å². The number of aromatic nitrogens is 3. The average Bonchev–Trinajstić information content (AvgIpc) is 3.20. The number of imidazole rings is 1. The van der Waals surface area contributed by atoms with Gasteiger partial charge >= 0.3 is 0 Å². The minimum Gasteiger partial charge on any atom is -0.346 e. The number of fused-ring (bicyclic) bond motifs is 1. The Morgan fingerprint density at radius 1 is 0.933 bits per heavy atom. The molecule has 0 fully saturated rings. The number of rotatable bonds is 7. The van der Waals surface area contributed by atoms with Gasteiger partial charge in [0.2, 0.25) is 5.91 Å². The van der Waals surface area contributed by atoms with Gasteiger partial charge in [-0.25, -0.2) is 4.98 Å². The van der Waals surface area contributed by atoms with Crippen LogP contribution in [0.25, 0.3) is 11.0 Å². The molecule has 0 aliphatic heterocycles. The molecule has 0 aliphatic rings. The number of carbonyl (C=O) groups is 2. The van der Waals surface area contributed by atoms with Crippen LogP contribution >= 0.6 is 0 Å². The standard InChI is InChI=1S/C23H21N5O2/c29-22(11-13-28-16-26-20-9-1-2-10-21(20)28)27-18-8-5-6-17(14-18)23(30)25-15-19-7-3-4-12-24-19/h1-10,12,14,16H,11,13,15H2,(H,25,30)(H,27,29). The van der Waals surface area contributed by atoms with Gasteiger partial charge in [-0.1, -0.05) is 24.3 Å². The second-order valence-corrected chi connectivity index (χ2v) is 6.81. The molecule has 30 heavy (non-hydrogen) atoms. The number of hydrogen-bond donors (Lipinski definition) is 2. The first-order chi connectivity index (χ1) is 14.7. The zero-order valence-electron chi connectivity index (χ0n) is 16.3. The van der Waals surface area contributed by atoms with Crippen molar-refractivity contribution in [2.24, 2.45) is 0 Å². The highest BCUT2D eigenvalue weighted by Crippen LogP contribution is 2.14. The molecular weight excluding hydrogens is 378 g/mol. The van der Waals surface area contributed by atoms with Crippen LogP contribution in [0.4, 0.5) is 5.69 Å². The number of para-hydroxylation sites is 2. The van der Waals surface area contributed by atoms with E-state index in [1.807, 2.05) is 47.0 Å². The number of aryl methyl sites for hydroxylation is 1. The van der Waals surface area contributed by atoms with E-state index in [-0.39, 0.29) is 11.8 Å². The number of anilines is 1. The molecule has 2 amide bonds. The lowest BCUT2D eigenvalue weighted by Crippen LogP contribution is -2.23. The van der Waals surface area contributed by atoms with E-state index in [0.717, 1.165) is 16.7 Å². The van der Waals surface area contributed by atoms with E-state index in [9.17, 15) is 9.59 Å². The SMILES string of the molecule is O=C(CCn1cnc2ccccc21)Nc1cccc(C(=O)NCc2ccccn2)c1. The van der Waals surface area contributed by atoms with Crippen molar-refractivity contribution >= 4 is 28.5 Å². The van der Waals surface area contributed by atoms with E-state index in [1.54, 1.807) is 36.8 Å². The van der Waals surface area contributed by atoms with Crippen LogP contribution in [-0.4, -0.2) is 26.3 Å². The van der Waals surface area contributed by atoms with Crippen LogP contribution < -0.4 is 10.6 Å². The molecule has 0 radical (unpaired) electrons. The Morgan fingerprint density at radius 2 is 1.80 bits per heavy atom. The van der Waals surface area contributed by atoms with Crippen molar-refractivity contribution in [1.29, 1.82) is 0 Å². The van der Waals surface area contributed by atoms with Gasteiger partial charge in [0, 0.05) is 30.4 Å². The third kappa shape index (κ3) is 4.70. The Kier molecular flexibility index (Phi) is 5.80. The zero-order chi connectivity index (χ0) is 20.8. The Hall–Kier alpha value is -4.00. The lowest BCUT2D eigenvalue weighted by molar-refractivity contribution is -0.116. The fraction of sp³-hybridized carbons (Fsp3) is 0.130. The Morgan fingerprint density at radius 3 is 2.67 bits per heavy atom.